The maximum atomic E-state index is 6.38. The summed E-state index contributed by atoms with van der Waals surface area (Å²) in [6.45, 7) is 5.24. The van der Waals surface area contributed by atoms with E-state index >= 15 is 0 Å². The van der Waals surface area contributed by atoms with E-state index in [9.17, 15) is 0 Å². The highest BCUT2D eigenvalue weighted by Crippen LogP contribution is 2.39. The zero-order valence-electron chi connectivity index (χ0n) is 19.4. The molecule has 1 unspecified atom stereocenters. The molecule has 0 aliphatic rings. The van der Waals surface area contributed by atoms with E-state index in [0.29, 0.717) is 11.8 Å². The zero-order valence-corrected chi connectivity index (χ0v) is 22.6. The average Bonchev–Trinajstić information content (AvgIpc) is 3.31. The summed E-state index contributed by atoms with van der Waals surface area (Å²) >= 11 is 7.23. The lowest BCUT2D eigenvalue weighted by atomic mass is 10.0. The van der Waals surface area contributed by atoms with Crippen molar-refractivity contribution in [1.29, 1.82) is 0 Å². The Labute approximate surface area is 216 Å². The molecule has 0 saturated carbocycles. The van der Waals surface area contributed by atoms with Crippen LogP contribution in [0.4, 0.5) is 0 Å². The van der Waals surface area contributed by atoms with Crippen molar-refractivity contribution in [1.82, 2.24) is 4.98 Å². The predicted molar refractivity (Wildman–Crippen MR) is 149 cm³/mol. The van der Waals surface area contributed by atoms with E-state index in [1.54, 1.807) is 0 Å². The second-order valence-electron chi connectivity index (χ2n) is 8.83. The Morgan fingerprint density at radius 2 is 1.53 bits per heavy atom. The molecule has 1 aromatic heterocycles. The SMILES string of the molecule is CCCCC(CC)COc1ccc(-c2nc3c4cc(Br)ccc4c4ccc(Br)cc4c3o2)cc1. The lowest BCUT2D eigenvalue weighted by Gasteiger charge is -2.15. The van der Waals surface area contributed by atoms with Crippen molar-refractivity contribution >= 4 is 64.5 Å². The number of rotatable bonds is 8. The summed E-state index contributed by atoms with van der Waals surface area (Å²) in [6, 6.07) is 20.7. The fraction of sp³-hybridized carbons (Fsp3) is 0.276. The van der Waals surface area contributed by atoms with Crippen molar-refractivity contribution in [3.8, 4) is 17.2 Å². The first-order chi connectivity index (χ1) is 16.6. The number of nitrogens with zero attached hydrogens (tertiary/aromatic N) is 1. The summed E-state index contributed by atoms with van der Waals surface area (Å²) in [5.74, 6) is 2.11. The van der Waals surface area contributed by atoms with Crippen LogP contribution in [0, 0.1) is 5.92 Å². The molecule has 1 heterocycles. The van der Waals surface area contributed by atoms with Gasteiger partial charge in [-0.2, -0.15) is 0 Å². The molecule has 0 N–H and O–H groups in total. The predicted octanol–water partition coefficient (Wildman–Crippen LogP) is 9.92. The van der Waals surface area contributed by atoms with Gasteiger partial charge in [0.25, 0.3) is 0 Å². The van der Waals surface area contributed by atoms with Crippen molar-refractivity contribution in [2.75, 3.05) is 6.61 Å². The van der Waals surface area contributed by atoms with E-state index in [1.807, 2.05) is 24.3 Å². The van der Waals surface area contributed by atoms with Gasteiger partial charge in [0.05, 0.1) is 6.61 Å². The third kappa shape index (κ3) is 4.60. The number of oxazole rings is 1. The van der Waals surface area contributed by atoms with E-state index in [2.05, 4.69) is 82.1 Å². The highest BCUT2D eigenvalue weighted by atomic mass is 79.9. The van der Waals surface area contributed by atoms with Gasteiger partial charge in [-0.15, -0.1) is 0 Å². The number of halogens is 2. The molecular weight excluding hydrogens is 554 g/mol. The van der Waals surface area contributed by atoms with Crippen LogP contribution in [0.1, 0.15) is 39.5 Å². The molecule has 5 aromatic rings. The van der Waals surface area contributed by atoms with Gasteiger partial charge in [-0.25, -0.2) is 4.98 Å². The summed E-state index contributed by atoms with van der Waals surface area (Å²) in [5, 5.41) is 4.44. The van der Waals surface area contributed by atoms with E-state index in [0.717, 1.165) is 65.9 Å². The highest BCUT2D eigenvalue weighted by molar-refractivity contribution is 9.10. The molecule has 0 aliphatic carbocycles. The van der Waals surface area contributed by atoms with E-state index < -0.39 is 0 Å². The standard InChI is InChI=1S/C29H27Br2NO2/c1-3-5-6-18(4-2)17-33-22-11-7-19(8-12-22)29-32-27-25-15-20(30)9-13-23(25)24-14-10-21(31)16-26(24)28(27)34-29/h7-16,18H,3-6,17H2,1-2H3. The topological polar surface area (TPSA) is 35.3 Å². The van der Waals surface area contributed by atoms with E-state index in [-0.39, 0.29) is 0 Å². The Kier molecular flexibility index (Phi) is 6.94. The Morgan fingerprint density at radius 3 is 2.21 bits per heavy atom. The largest absolute Gasteiger partial charge is 0.493 e. The Morgan fingerprint density at radius 1 is 0.853 bits per heavy atom. The van der Waals surface area contributed by atoms with Gasteiger partial charge in [0.15, 0.2) is 5.58 Å². The number of fused-ring (bicyclic) bond motifs is 6. The molecular formula is C29H27Br2NO2. The van der Waals surface area contributed by atoms with Crippen LogP contribution in [0.15, 0.2) is 74.0 Å². The summed E-state index contributed by atoms with van der Waals surface area (Å²) in [4.78, 5) is 4.94. The number of hydrogen-bond donors (Lipinski definition) is 0. The van der Waals surface area contributed by atoms with Crippen LogP contribution in [0.2, 0.25) is 0 Å². The van der Waals surface area contributed by atoms with Gasteiger partial charge in [0, 0.05) is 25.3 Å². The first-order valence-electron chi connectivity index (χ1n) is 11.9. The lowest BCUT2D eigenvalue weighted by Crippen LogP contribution is -2.11. The molecule has 3 nitrogen and oxygen atoms in total. The molecule has 1 atom stereocenters. The maximum absolute atomic E-state index is 6.38. The van der Waals surface area contributed by atoms with Gasteiger partial charge < -0.3 is 9.15 Å². The minimum atomic E-state index is 0.608. The fourth-order valence-corrected chi connectivity index (χ4v) is 5.22. The van der Waals surface area contributed by atoms with Gasteiger partial charge >= 0.3 is 0 Å². The number of hydrogen-bond acceptors (Lipinski definition) is 3. The van der Waals surface area contributed by atoms with Gasteiger partial charge in [-0.3, -0.25) is 0 Å². The molecule has 34 heavy (non-hydrogen) atoms. The Hall–Kier alpha value is -2.37. The molecule has 4 aromatic carbocycles. The number of ether oxygens (including phenoxy) is 1. The zero-order chi connectivity index (χ0) is 23.7. The first-order valence-corrected chi connectivity index (χ1v) is 13.5. The summed E-state index contributed by atoms with van der Waals surface area (Å²) in [7, 11) is 0. The minimum absolute atomic E-state index is 0.608. The van der Waals surface area contributed by atoms with Gasteiger partial charge in [0.2, 0.25) is 5.89 Å². The van der Waals surface area contributed by atoms with Crippen molar-refractivity contribution in [2.45, 2.75) is 39.5 Å². The molecule has 0 amide bonds. The summed E-state index contributed by atoms with van der Waals surface area (Å²) < 4.78 is 14.5. The third-order valence-corrected chi connectivity index (χ3v) is 7.50. The van der Waals surface area contributed by atoms with Crippen LogP contribution in [0.3, 0.4) is 0 Å². The van der Waals surface area contributed by atoms with Gasteiger partial charge in [-0.1, -0.05) is 77.1 Å². The molecule has 5 heteroatoms. The van der Waals surface area contributed by atoms with Crippen LogP contribution in [0.25, 0.3) is 44.1 Å². The molecule has 174 valence electrons. The molecule has 5 rings (SSSR count). The second kappa shape index (κ2) is 10.1. The van der Waals surface area contributed by atoms with Crippen LogP contribution in [-0.2, 0) is 0 Å². The third-order valence-electron chi connectivity index (χ3n) is 6.51. The monoisotopic (exact) mass is 579 g/mol. The minimum Gasteiger partial charge on any atom is -0.493 e. The summed E-state index contributed by atoms with van der Waals surface area (Å²) in [6.07, 6.45) is 4.86. The number of aromatic nitrogens is 1. The van der Waals surface area contributed by atoms with Crippen LogP contribution >= 0.6 is 31.9 Å². The van der Waals surface area contributed by atoms with Crippen molar-refractivity contribution in [3.05, 3.63) is 69.6 Å². The molecule has 0 radical (unpaired) electrons. The van der Waals surface area contributed by atoms with Crippen molar-refractivity contribution in [3.63, 3.8) is 0 Å². The molecule has 0 spiro atoms. The van der Waals surface area contributed by atoms with Crippen LogP contribution in [-0.4, -0.2) is 11.6 Å². The highest BCUT2D eigenvalue weighted by Gasteiger charge is 2.17. The van der Waals surface area contributed by atoms with E-state index in [4.69, 9.17) is 14.1 Å². The second-order valence-corrected chi connectivity index (χ2v) is 10.7. The molecule has 0 saturated heterocycles. The quantitative estimate of drug-likeness (QED) is 0.171. The molecule has 0 fully saturated rings. The smallest absolute Gasteiger partial charge is 0.227 e. The number of unbranched alkanes of at least 4 members (excludes halogenated alkanes) is 1. The van der Waals surface area contributed by atoms with E-state index in [1.165, 1.54) is 19.3 Å². The molecule has 0 aliphatic heterocycles. The average molecular weight is 581 g/mol. The van der Waals surface area contributed by atoms with Gasteiger partial charge in [0.1, 0.15) is 11.3 Å². The molecule has 0 bridgehead atoms. The number of benzene rings is 4. The lowest BCUT2D eigenvalue weighted by molar-refractivity contribution is 0.233. The Bertz CT molecular complexity index is 1380. The summed E-state index contributed by atoms with van der Waals surface area (Å²) in [5.41, 5.74) is 2.62. The fourth-order valence-electron chi connectivity index (χ4n) is 4.50. The van der Waals surface area contributed by atoms with Crippen LogP contribution in [0.5, 0.6) is 5.75 Å². The van der Waals surface area contributed by atoms with Crippen molar-refractivity contribution < 1.29 is 9.15 Å². The normalized spacial score (nSPS) is 12.6. The van der Waals surface area contributed by atoms with Crippen LogP contribution < -0.4 is 4.74 Å². The van der Waals surface area contributed by atoms with Gasteiger partial charge in [-0.05, 0) is 71.6 Å². The maximum Gasteiger partial charge on any atom is 0.227 e. The van der Waals surface area contributed by atoms with Crippen molar-refractivity contribution in [2.24, 2.45) is 5.92 Å². The first kappa shape index (κ1) is 23.4. The Balaban J connectivity index is 1.51.